The first kappa shape index (κ1) is 23.9. The number of halogens is 1. The van der Waals surface area contributed by atoms with Crippen LogP contribution in [0.4, 0.5) is 0 Å². The summed E-state index contributed by atoms with van der Waals surface area (Å²) in [5, 5.41) is 3.62. The summed E-state index contributed by atoms with van der Waals surface area (Å²) in [6, 6.07) is 22.3. The number of aromatic nitrogens is 1. The second kappa shape index (κ2) is 10.8. The van der Waals surface area contributed by atoms with Crippen LogP contribution >= 0.6 is 11.6 Å². The van der Waals surface area contributed by atoms with Gasteiger partial charge >= 0.3 is 0 Å². The molecular weight excluding hydrogens is 468 g/mol. The highest BCUT2D eigenvalue weighted by molar-refractivity contribution is 7.84. The summed E-state index contributed by atoms with van der Waals surface area (Å²) in [5.74, 6) is 1.21. The van der Waals surface area contributed by atoms with E-state index in [1.54, 1.807) is 24.3 Å². The number of benzene rings is 3. The largest absolute Gasteiger partial charge is 0.441 e. The van der Waals surface area contributed by atoms with Crippen molar-refractivity contribution >= 4 is 28.3 Å². The first-order valence-electron chi connectivity index (χ1n) is 10.9. The standard InChI is InChI=1S/C27H25ClN2O3S/c1-18-7-13-23(14-8-18)34(32)17-25-19(2)33-27(30-25)22-11-9-21(10-12-22)26(31)29-16-15-20-5-3-4-6-24(20)28/h3-14H,15-17H2,1-2H3,(H,29,31)/t34-/m1/s1. The molecule has 0 aliphatic rings. The predicted molar refractivity (Wildman–Crippen MR) is 135 cm³/mol. The molecule has 3 aromatic carbocycles. The highest BCUT2D eigenvalue weighted by Gasteiger charge is 2.16. The fourth-order valence-electron chi connectivity index (χ4n) is 3.46. The molecule has 4 rings (SSSR count). The number of carbonyl (C=O) groups excluding carboxylic acids is 1. The van der Waals surface area contributed by atoms with Gasteiger partial charge in [0.25, 0.3) is 5.91 Å². The summed E-state index contributed by atoms with van der Waals surface area (Å²) >= 11 is 6.17. The number of rotatable bonds is 8. The van der Waals surface area contributed by atoms with Crippen LogP contribution in [0.3, 0.4) is 0 Å². The van der Waals surface area contributed by atoms with Gasteiger partial charge in [0.05, 0.1) is 22.2 Å². The lowest BCUT2D eigenvalue weighted by Gasteiger charge is -2.07. The van der Waals surface area contributed by atoms with Crippen LogP contribution in [-0.2, 0) is 23.0 Å². The van der Waals surface area contributed by atoms with Gasteiger partial charge in [-0.1, -0.05) is 47.5 Å². The Hall–Kier alpha value is -3.22. The second-order valence-electron chi connectivity index (χ2n) is 8.00. The van der Waals surface area contributed by atoms with E-state index in [-0.39, 0.29) is 11.7 Å². The van der Waals surface area contributed by atoms with Crippen molar-refractivity contribution in [2.45, 2.75) is 30.9 Å². The van der Waals surface area contributed by atoms with Crippen molar-refractivity contribution in [3.63, 3.8) is 0 Å². The number of carbonyl (C=O) groups is 1. The molecule has 1 atom stereocenters. The zero-order valence-corrected chi connectivity index (χ0v) is 20.6. The molecule has 1 aromatic heterocycles. The quantitative estimate of drug-likeness (QED) is 0.333. The topological polar surface area (TPSA) is 72.2 Å². The van der Waals surface area contributed by atoms with E-state index in [0.717, 1.165) is 21.6 Å². The Morgan fingerprint density at radius 3 is 2.41 bits per heavy atom. The van der Waals surface area contributed by atoms with Crippen LogP contribution in [0, 0.1) is 13.8 Å². The number of aryl methyl sites for hydroxylation is 2. The van der Waals surface area contributed by atoms with Crippen LogP contribution in [0.25, 0.3) is 11.5 Å². The summed E-state index contributed by atoms with van der Waals surface area (Å²) in [4.78, 5) is 17.8. The highest BCUT2D eigenvalue weighted by Crippen LogP contribution is 2.24. The maximum Gasteiger partial charge on any atom is 0.251 e. The van der Waals surface area contributed by atoms with Gasteiger partial charge in [0.2, 0.25) is 5.89 Å². The minimum atomic E-state index is -1.21. The molecular formula is C27H25ClN2O3S. The molecule has 0 saturated heterocycles. The summed E-state index contributed by atoms with van der Waals surface area (Å²) in [5.41, 5.74) is 4.09. The van der Waals surface area contributed by atoms with Gasteiger partial charge in [-0.15, -0.1) is 0 Å². The van der Waals surface area contributed by atoms with Crippen LogP contribution in [0.2, 0.25) is 5.02 Å². The zero-order valence-electron chi connectivity index (χ0n) is 19.0. The molecule has 4 aromatic rings. The van der Waals surface area contributed by atoms with Crippen molar-refractivity contribution < 1.29 is 13.4 Å². The Morgan fingerprint density at radius 2 is 1.71 bits per heavy atom. The van der Waals surface area contributed by atoms with E-state index in [1.165, 1.54) is 0 Å². The van der Waals surface area contributed by atoms with E-state index < -0.39 is 10.8 Å². The van der Waals surface area contributed by atoms with Gasteiger partial charge in [0.1, 0.15) is 5.76 Å². The van der Waals surface area contributed by atoms with Gasteiger partial charge in [-0.25, -0.2) is 4.98 Å². The highest BCUT2D eigenvalue weighted by atomic mass is 35.5. The van der Waals surface area contributed by atoms with Gasteiger partial charge in [-0.2, -0.15) is 0 Å². The number of amides is 1. The second-order valence-corrected chi connectivity index (χ2v) is 9.86. The third kappa shape index (κ3) is 5.82. The third-order valence-electron chi connectivity index (χ3n) is 5.48. The summed E-state index contributed by atoms with van der Waals surface area (Å²) in [7, 11) is -1.21. The van der Waals surface area contributed by atoms with Gasteiger partial charge < -0.3 is 9.73 Å². The van der Waals surface area contributed by atoms with E-state index in [0.29, 0.717) is 40.9 Å². The van der Waals surface area contributed by atoms with Crippen LogP contribution in [0.5, 0.6) is 0 Å². The number of hydrogen-bond acceptors (Lipinski definition) is 4. The Morgan fingerprint density at radius 1 is 1.00 bits per heavy atom. The Balaban J connectivity index is 1.37. The van der Waals surface area contributed by atoms with Crippen molar-refractivity contribution in [1.29, 1.82) is 0 Å². The van der Waals surface area contributed by atoms with Crippen molar-refractivity contribution in [2.24, 2.45) is 0 Å². The van der Waals surface area contributed by atoms with E-state index in [1.807, 2.05) is 62.4 Å². The van der Waals surface area contributed by atoms with E-state index in [2.05, 4.69) is 10.3 Å². The monoisotopic (exact) mass is 492 g/mol. The fraction of sp³-hybridized carbons (Fsp3) is 0.185. The van der Waals surface area contributed by atoms with Crippen LogP contribution in [0.1, 0.15) is 32.9 Å². The van der Waals surface area contributed by atoms with Crippen molar-refractivity contribution in [1.82, 2.24) is 10.3 Å². The third-order valence-corrected chi connectivity index (χ3v) is 7.18. The summed E-state index contributed by atoms with van der Waals surface area (Å²) < 4.78 is 18.5. The lowest BCUT2D eigenvalue weighted by molar-refractivity contribution is 0.0954. The van der Waals surface area contributed by atoms with Gasteiger partial charge in [0, 0.05) is 27.6 Å². The Labute approximate surface area is 206 Å². The minimum Gasteiger partial charge on any atom is -0.441 e. The normalized spacial score (nSPS) is 11.9. The SMILES string of the molecule is Cc1ccc([S@](=O)Cc2nc(-c3ccc(C(=O)NCCc4ccccc4Cl)cc3)oc2C)cc1. The molecule has 0 radical (unpaired) electrons. The number of oxazole rings is 1. The Kier molecular flexibility index (Phi) is 7.60. The smallest absolute Gasteiger partial charge is 0.251 e. The number of nitrogens with one attached hydrogen (secondary N) is 1. The molecule has 174 valence electrons. The van der Waals surface area contributed by atoms with Crippen LogP contribution in [0.15, 0.2) is 82.1 Å². The summed E-state index contributed by atoms with van der Waals surface area (Å²) in [6.45, 7) is 4.31. The minimum absolute atomic E-state index is 0.156. The lowest BCUT2D eigenvalue weighted by Crippen LogP contribution is -2.25. The molecule has 34 heavy (non-hydrogen) atoms. The molecule has 7 heteroatoms. The number of hydrogen-bond donors (Lipinski definition) is 1. The predicted octanol–water partition coefficient (Wildman–Crippen LogP) is 5.89. The maximum absolute atomic E-state index is 12.7. The fourth-order valence-corrected chi connectivity index (χ4v) is 4.81. The molecule has 0 saturated carbocycles. The van der Waals surface area contributed by atoms with E-state index in [4.69, 9.17) is 16.0 Å². The molecule has 1 amide bonds. The Bertz CT molecular complexity index is 1310. The molecule has 0 aliphatic heterocycles. The van der Waals surface area contributed by atoms with Gasteiger partial charge in [-0.05, 0) is 68.3 Å². The molecule has 0 bridgehead atoms. The van der Waals surface area contributed by atoms with Crippen molar-refractivity contribution in [3.05, 3.63) is 106 Å². The first-order valence-corrected chi connectivity index (χ1v) is 12.6. The molecule has 0 unspecified atom stereocenters. The molecule has 0 aliphatic carbocycles. The van der Waals surface area contributed by atoms with Crippen molar-refractivity contribution in [2.75, 3.05) is 6.54 Å². The van der Waals surface area contributed by atoms with Crippen LogP contribution in [-0.4, -0.2) is 21.6 Å². The average Bonchev–Trinajstić information content (AvgIpc) is 3.20. The molecule has 5 nitrogen and oxygen atoms in total. The summed E-state index contributed by atoms with van der Waals surface area (Å²) in [6.07, 6.45) is 0.659. The van der Waals surface area contributed by atoms with Crippen molar-refractivity contribution in [3.8, 4) is 11.5 Å². The average molecular weight is 493 g/mol. The number of nitrogens with zero attached hydrogens (tertiary/aromatic N) is 1. The first-order chi connectivity index (χ1) is 16.4. The maximum atomic E-state index is 12.7. The van der Waals surface area contributed by atoms with E-state index >= 15 is 0 Å². The molecule has 1 heterocycles. The van der Waals surface area contributed by atoms with Gasteiger partial charge in [-0.3, -0.25) is 9.00 Å². The zero-order chi connectivity index (χ0) is 24.1. The molecule has 0 spiro atoms. The van der Waals surface area contributed by atoms with Crippen LogP contribution < -0.4 is 5.32 Å². The van der Waals surface area contributed by atoms with E-state index in [9.17, 15) is 9.00 Å². The molecule has 0 fully saturated rings. The van der Waals surface area contributed by atoms with Gasteiger partial charge in [0.15, 0.2) is 0 Å². The molecule has 1 N–H and O–H groups in total. The lowest BCUT2D eigenvalue weighted by atomic mass is 10.1.